The van der Waals surface area contributed by atoms with Crippen LogP contribution in [0.15, 0.2) is 0 Å². The summed E-state index contributed by atoms with van der Waals surface area (Å²) < 4.78 is 0. The Morgan fingerprint density at radius 1 is 0.714 bits per heavy atom. The van der Waals surface area contributed by atoms with Crippen molar-refractivity contribution in [1.29, 1.82) is 0 Å². The van der Waals surface area contributed by atoms with Crippen LogP contribution in [0.5, 0.6) is 0 Å². The van der Waals surface area contributed by atoms with E-state index in [1.807, 2.05) is 0 Å². The van der Waals surface area contributed by atoms with Gasteiger partial charge in [-0.15, -0.1) is 0 Å². The highest BCUT2D eigenvalue weighted by molar-refractivity contribution is 6.40. The number of hydrogen-bond donors (Lipinski definition) is 2. The Morgan fingerprint density at radius 3 is 1.21 bits per heavy atom. The minimum atomic E-state index is -1.79. The van der Waals surface area contributed by atoms with Gasteiger partial charge in [-0.2, -0.15) is 0 Å². The molecule has 14 heavy (non-hydrogen) atoms. The molecule has 7 nitrogen and oxygen atoms in total. The maximum absolute atomic E-state index is 10.7. The fourth-order valence-electron chi connectivity index (χ4n) is 0.572. The van der Waals surface area contributed by atoms with Gasteiger partial charge in [-0.1, -0.05) is 0 Å². The van der Waals surface area contributed by atoms with E-state index in [4.69, 9.17) is 10.2 Å². The Morgan fingerprint density at radius 2 is 1.00 bits per heavy atom. The smallest absolute Gasteiger partial charge is 0.372 e. The third-order valence-corrected chi connectivity index (χ3v) is 1.19. The number of carboxylic acids is 2. The normalized spacial score (nSPS) is 9.14. The van der Waals surface area contributed by atoms with Gasteiger partial charge in [-0.05, 0) is 0 Å². The lowest BCUT2D eigenvalue weighted by atomic mass is 10.1. The highest BCUT2D eigenvalue weighted by atomic mass is 16.4. The van der Waals surface area contributed by atoms with Crippen LogP contribution in [0.2, 0.25) is 0 Å². The fourth-order valence-corrected chi connectivity index (χ4v) is 0.572. The van der Waals surface area contributed by atoms with E-state index in [2.05, 4.69) is 0 Å². The second-order valence-electron chi connectivity index (χ2n) is 2.35. The van der Waals surface area contributed by atoms with Crippen molar-refractivity contribution in [2.45, 2.75) is 12.8 Å². The van der Waals surface area contributed by atoms with E-state index < -0.39 is 42.1 Å². The fraction of sp³-hybridized carbons (Fsp3) is 0.286. The minimum Gasteiger partial charge on any atom is -0.475 e. The van der Waals surface area contributed by atoms with E-state index in [9.17, 15) is 24.0 Å². The first-order chi connectivity index (χ1) is 6.34. The second kappa shape index (κ2) is 4.85. The molecule has 0 bridgehead atoms. The zero-order valence-electron chi connectivity index (χ0n) is 6.85. The summed E-state index contributed by atoms with van der Waals surface area (Å²) in [4.78, 5) is 51.5. The predicted octanol–water partition coefficient (Wildman–Crippen LogP) is -1.36. The molecule has 0 aliphatic rings. The van der Waals surface area contributed by atoms with Crippen LogP contribution < -0.4 is 0 Å². The number of carboxylic acid groups (broad SMARTS) is 2. The van der Waals surface area contributed by atoms with E-state index in [1.165, 1.54) is 0 Å². The summed E-state index contributed by atoms with van der Waals surface area (Å²) in [7, 11) is 0. The maximum Gasteiger partial charge on any atom is 0.372 e. The largest absolute Gasteiger partial charge is 0.475 e. The van der Waals surface area contributed by atoms with Gasteiger partial charge in [-0.3, -0.25) is 14.4 Å². The molecule has 0 aromatic heterocycles. The van der Waals surface area contributed by atoms with E-state index in [1.54, 1.807) is 0 Å². The van der Waals surface area contributed by atoms with Crippen LogP contribution in [0.25, 0.3) is 0 Å². The van der Waals surface area contributed by atoms with Crippen LogP contribution in [-0.2, 0) is 24.0 Å². The number of Topliss-reactive ketones (excluding diaryl/α,β-unsaturated/α-hetero) is 3. The number of carbonyl (C=O) groups is 5. The summed E-state index contributed by atoms with van der Waals surface area (Å²) in [6.45, 7) is 0. The van der Waals surface area contributed by atoms with Crippen LogP contribution >= 0.6 is 0 Å². The lowest BCUT2D eigenvalue weighted by molar-refractivity contribution is -0.152. The van der Waals surface area contributed by atoms with Gasteiger partial charge in [0.15, 0.2) is 0 Å². The first-order valence-corrected chi connectivity index (χ1v) is 3.38. The number of aliphatic carboxylic acids is 2. The van der Waals surface area contributed by atoms with Crippen LogP contribution in [0, 0.1) is 0 Å². The van der Waals surface area contributed by atoms with Gasteiger partial charge < -0.3 is 10.2 Å². The molecule has 0 spiro atoms. The lowest BCUT2D eigenvalue weighted by Crippen LogP contribution is -2.22. The van der Waals surface area contributed by atoms with Crippen LogP contribution in [0.1, 0.15) is 12.8 Å². The summed E-state index contributed by atoms with van der Waals surface area (Å²) in [6.07, 6.45) is -1.93. The van der Waals surface area contributed by atoms with Crippen molar-refractivity contribution in [3.63, 3.8) is 0 Å². The quantitative estimate of drug-likeness (QED) is 0.402. The van der Waals surface area contributed by atoms with E-state index in [0.717, 1.165) is 0 Å². The Bertz CT molecular complexity index is 284. The van der Waals surface area contributed by atoms with Crippen LogP contribution in [0.3, 0.4) is 0 Å². The number of rotatable bonds is 6. The molecule has 0 amide bonds. The third kappa shape index (κ3) is 4.10. The van der Waals surface area contributed by atoms with Gasteiger partial charge in [0.25, 0.3) is 0 Å². The van der Waals surface area contributed by atoms with E-state index in [-0.39, 0.29) is 0 Å². The minimum absolute atomic E-state index is 0.964. The molecule has 0 aliphatic carbocycles. The van der Waals surface area contributed by atoms with Gasteiger partial charge in [0, 0.05) is 0 Å². The Balaban J connectivity index is 4.12. The average Bonchev–Trinajstić information content (AvgIpc) is 2.03. The summed E-state index contributed by atoms with van der Waals surface area (Å²) in [5, 5.41) is 16.1. The number of ketones is 3. The molecule has 0 saturated carbocycles. The van der Waals surface area contributed by atoms with Crippen molar-refractivity contribution in [3.8, 4) is 0 Å². The molecule has 0 unspecified atom stereocenters. The topological polar surface area (TPSA) is 126 Å². The molecule has 0 aromatic rings. The molecule has 7 heteroatoms. The zero-order valence-corrected chi connectivity index (χ0v) is 6.85. The molecule has 0 aliphatic heterocycles. The summed E-state index contributed by atoms with van der Waals surface area (Å²) in [6, 6.07) is 0. The molecule has 0 aromatic carbocycles. The Kier molecular flexibility index (Phi) is 4.14. The highest BCUT2D eigenvalue weighted by Crippen LogP contribution is 1.93. The molecule has 76 valence electrons. The van der Waals surface area contributed by atoms with Crippen molar-refractivity contribution in [1.82, 2.24) is 0 Å². The molecule has 0 saturated heterocycles. The number of hydrogen-bond acceptors (Lipinski definition) is 5. The molecule has 0 heterocycles. The zero-order chi connectivity index (χ0) is 11.3. The highest BCUT2D eigenvalue weighted by Gasteiger charge is 2.21. The van der Waals surface area contributed by atoms with E-state index >= 15 is 0 Å². The van der Waals surface area contributed by atoms with Crippen LogP contribution in [0.4, 0.5) is 0 Å². The third-order valence-electron chi connectivity index (χ3n) is 1.19. The molecule has 0 radical (unpaired) electrons. The van der Waals surface area contributed by atoms with Gasteiger partial charge >= 0.3 is 11.9 Å². The Hall–Kier alpha value is -2.05. The summed E-state index contributed by atoms with van der Waals surface area (Å²) >= 11 is 0. The van der Waals surface area contributed by atoms with Gasteiger partial charge in [-0.25, -0.2) is 9.59 Å². The van der Waals surface area contributed by atoms with Crippen molar-refractivity contribution < 1.29 is 34.2 Å². The standard InChI is InChI=1S/C7H6O7/c8-3(1-4(9)6(11)12)2-5(10)7(13)14/h1-2H2,(H,11,12)(H,13,14). The first-order valence-electron chi connectivity index (χ1n) is 3.38. The van der Waals surface area contributed by atoms with Crippen molar-refractivity contribution in [2.24, 2.45) is 0 Å². The monoisotopic (exact) mass is 202 g/mol. The molecule has 2 N–H and O–H groups in total. The Labute approximate surface area is 77.3 Å². The summed E-state index contributed by atoms with van der Waals surface area (Å²) in [5.74, 6) is -7.34. The van der Waals surface area contributed by atoms with Crippen molar-refractivity contribution in [2.75, 3.05) is 0 Å². The summed E-state index contributed by atoms with van der Waals surface area (Å²) in [5.41, 5.74) is 0. The predicted molar refractivity (Wildman–Crippen MR) is 39.5 cm³/mol. The van der Waals surface area contributed by atoms with Gasteiger partial charge in [0.05, 0.1) is 12.8 Å². The molecule has 0 fully saturated rings. The van der Waals surface area contributed by atoms with Crippen molar-refractivity contribution in [3.05, 3.63) is 0 Å². The average molecular weight is 202 g/mol. The molecular formula is C7H6O7. The molecule has 0 rings (SSSR count). The SMILES string of the molecule is O=C(CC(=O)C(=O)O)CC(=O)C(=O)O. The molecular weight excluding hydrogens is 196 g/mol. The van der Waals surface area contributed by atoms with Crippen molar-refractivity contribution >= 4 is 29.3 Å². The first kappa shape index (κ1) is 11.9. The number of carbonyl (C=O) groups excluding carboxylic acids is 3. The van der Waals surface area contributed by atoms with E-state index in [0.29, 0.717) is 0 Å². The molecule has 0 atom stereocenters. The van der Waals surface area contributed by atoms with Gasteiger partial charge in [0.1, 0.15) is 5.78 Å². The maximum atomic E-state index is 10.7. The van der Waals surface area contributed by atoms with Gasteiger partial charge in [0.2, 0.25) is 11.6 Å². The second-order valence-corrected chi connectivity index (χ2v) is 2.35. The van der Waals surface area contributed by atoms with Crippen LogP contribution in [-0.4, -0.2) is 39.5 Å². The lowest BCUT2D eigenvalue weighted by Gasteiger charge is -1.93.